The molecule has 0 saturated carbocycles. The van der Waals surface area contributed by atoms with Gasteiger partial charge in [0.2, 0.25) is 0 Å². The Kier molecular flexibility index (Phi) is 10.4. The number of halogens is 1. The number of nitrogens with one attached hydrogen (secondary N) is 2. The van der Waals surface area contributed by atoms with Gasteiger partial charge in [0.15, 0.2) is 5.96 Å². The van der Waals surface area contributed by atoms with Crippen LogP contribution >= 0.6 is 24.0 Å². The molecule has 1 saturated heterocycles. The molecule has 0 spiro atoms. The van der Waals surface area contributed by atoms with E-state index in [1.165, 1.54) is 24.9 Å². The molecule has 2 atom stereocenters. The molecule has 2 rings (SSSR count). The summed E-state index contributed by atoms with van der Waals surface area (Å²) in [5.41, 5.74) is 2.11. The number of hydrogen-bond acceptors (Lipinski definition) is 3. The predicted octanol–water partition coefficient (Wildman–Crippen LogP) is 2.69. The van der Waals surface area contributed by atoms with Gasteiger partial charge >= 0.3 is 0 Å². The molecule has 0 radical (unpaired) electrons. The Morgan fingerprint density at radius 1 is 1.28 bits per heavy atom. The first-order valence-corrected chi connectivity index (χ1v) is 9.14. The predicted molar refractivity (Wildman–Crippen MR) is 116 cm³/mol. The second kappa shape index (κ2) is 11.7. The van der Waals surface area contributed by atoms with Gasteiger partial charge in [0.1, 0.15) is 0 Å². The number of hydrogen-bond donors (Lipinski definition) is 3. The standard InChI is InChI=1S/C19H32N4O.HI/c1-4-20-19(21-13-17-7-6-12-23(17)5-2)22-14-18(24)16-10-8-15(3)9-11-16;/h8-11,17-18,24H,4-7,12-14H2,1-3H3,(H2,20,21,22);1H. The third-order valence-electron chi connectivity index (χ3n) is 4.64. The van der Waals surface area contributed by atoms with Crippen molar-refractivity contribution in [3.05, 3.63) is 35.4 Å². The topological polar surface area (TPSA) is 59.9 Å². The van der Waals surface area contributed by atoms with Crippen molar-refractivity contribution in [2.24, 2.45) is 4.99 Å². The molecule has 25 heavy (non-hydrogen) atoms. The van der Waals surface area contributed by atoms with E-state index >= 15 is 0 Å². The first-order valence-electron chi connectivity index (χ1n) is 9.14. The van der Waals surface area contributed by atoms with Crippen LogP contribution < -0.4 is 10.6 Å². The molecular formula is C19H33IN4O. The van der Waals surface area contributed by atoms with Gasteiger partial charge in [0.05, 0.1) is 12.6 Å². The molecule has 3 N–H and O–H groups in total. The van der Waals surface area contributed by atoms with Crippen molar-refractivity contribution in [2.45, 2.75) is 45.8 Å². The lowest BCUT2D eigenvalue weighted by Crippen LogP contribution is -2.45. The van der Waals surface area contributed by atoms with E-state index in [0.717, 1.165) is 31.2 Å². The molecule has 2 unspecified atom stereocenters. The Hall–Kier alpha value is -0.860. The van der Waals surface area contributed by atoms with Crippen molar-refractivity contribution >= 4 is 29.9 Å². The third kappa shape index (κ3) is 7.11. The summed E-state index contributed by atoms with van der Waals surface area (Å²) >= 11 is 0. The number of aryl methyl sites for hydroxylation is 1. The average Bonchev–Trinajstić information content (AvgIpc) is 3.05. The molecule has 0 aromatic heterocycles. The second-order valence-electron chi connectivity index (χ2n) is 6.45. The molecule has 0 amide bonds. The van der Waals surface area contributed by atoms with E-state index < -0.39 is 6.10 Å². The lowest BCUT2D eigenvalue weighted by molar-refractivity contribution is 0.187. The average molecular weight is 460 g/mol. The van der Waals surface area contributed by atoms with Gasteiger partial charge in [-0.05, 0) is 45.3 Å². The van der Waals surface area contributed by atoms with Crippen molar-refractivity contribution in [1.29, 1.82) is 0 Å². The monoisotopic (exact) mass is 460 g/mol. The molecule has 1 aliphatic rings. The van der Waals surface area contributed by atoms with Gasteiger partial charge in [-0.1, -0.05) is 36.8 Å². The van der Waals surface area contributed by atoms with Gasteiger partial charge in [-0.25, -0.2) is 0 Å². The number of guanidine groups is 1. The molecule has 5 nitrogen and oxygen atoms in total. The van der Waals surface area contributed by atoms with E-state index in [1.807, 2.05) is 31.2 Å². The lowest BCUT2D eigenvalue weighted by atomic mass is 10.1. The van der Waals surface area contributed by atoms with E-state index in [2.05, 4.69) is 34.4 Å². The summed E-state index contributed by atoms with van der Waals surface area (Å²) in [5.74, 6) is 0.784. The Bertz CT molecular complexity index is 521. The van der Waals surface area contributed by atoms with Crippen LogP contribution in [0.3, 0.4) is 0 Å². The first-order chi connectivity index (χ1) is 11.6. The molecule has 1 aromatic rings. The van der Waals surface area contributed by atoms with E-state index in [-0.39, 0.29) is 24.0 Å². The Balaban J connectivity index is 0.00000312. The molecule has 0 bridgehead atoms. The zero-order valence-electron chi connectivity index (χ0n) is 15.7. The van der Waals surface area contributed by atoms with Crippen LogP contribution in [0.4, 0.5) is 0 Å². The van der Waals surface area contributed by atoms with Crippen LogP contribution in [0.15, 0.2) is 29.3 Å². The summed E-state index contributed by atoms with van der Waals surface area (Å²) in [4.78, 5) is 7.06. The summed E-state index contributed by atoms with van der Waals surface area (Å²) in [6, 6.07) is 8.55. The van der Waals surface area contributed by atoms with Crippen LogP contribution in [0, 0.1) is 6.92 Å². The zero-order chi connectivity index (χ0) is 17.4. The molecule has 1 fully saturated rings. The van der Waals surface area contributed by atoms with Crippen LogP contribution in [-0.2, 0) is 0 Å². The number of aliphatic imine (C=N–C) groups is 1. The highest BCUT2D eigenvalue weighted by molar-refractivity contribution is 14.0. The molecule has 1 heterocycles. The summed E-state index contributed by atoms with van der Waals surface area (Å²) in [7, 11) is 0. The fraction of sp³-hybridized carbons (Fsp3) is 0.632. The van der Waals surface area contributed by atoms with Crippen LogP contribution in [0.5, 0.6) is 0 Å². The fourth-order valence-corrected chi connectivity index (χ4v) is 3.17. The zero-order valence-corrected chi connectivity index (χ0v) is 18.0. The number of nitrogens with zero attached hydrogens (tertiary/aromatic N) is 2. The minimum atomic E-state index is -0.570. The van der Waals surface area contributed by atoms with Crippen molar-refractivity contribution in [3.63, 3.8) is 0 Å². The maximum Gasteiger partial charge on any atom is 0.191 e. The summed E-state index contributed by atoms with van der Waals surface area (Å²) < 4.78 is 0. The normalized spacial score (nSPS) is 19.4. The Labute approximate surface area is 169 Å². The van der Waals surface area contributed by atoms with Gasteiger partial charge in [0, 0.05) is 19.1 Å². The Morgan fingerprint density at radius 3 is 2.64 bits per heavy atom. The SMILES string of the molecule is CCNC(=NCC(O)c1ccc(C)cc1)NCC1CCCN1CC.I. The minimum absolute atomic E-state index is 0. The quantitative estimate of drug-likeness (QED) is 0.333. The molecule has 6 heteroatoms. The maximum atomic E-state index is 10.3. The smallest absolute Gasteiger partial charge is 0.191 e. The minimum Gasteiger partial charge on any atom is -0.386 e. The van der Waals surface area contributed by atoms with Crippen molar-refractivity contribution < 1.29 is 5.11 Å². The molecular weight excluding hydrogens is 427 g/mol. The van der Waals surface area contributed by atoms with Crippen molar-refractivity contribution in [3.8, 4) is 0 Å². The van der Waals surface area contributed by atoms with Gasteiger partial charge in [-0.2, -0.15) is 0 Å². The summed E-state index contributed by atoms with van der Waals surface area (Å²) in [6.07, 6.45) is 1.95. The number of likely N-dealkylation sites (N-methyl/N-ethyl adjacent to an activating group) is 1. The van der Waals surface area contributed by atoms with Crippen molar-refractivity contribution in [2.75, 3.05) is 32.7 Å². The molecule has 1 aliphatic heterocycles. The molecule has 0 aliphatic carbocycles. The lowest BCUT2D eigenvalue weighted by Gasteiger charge is -2.24. The van der Waals surface area contributed by atoms with Gasteiger partial charge in [-0.15, -0.1) is 24.0 Å². The number of aliphatic hydroxyl groups is 1. The van der Waals surface area contributed by atoms with Gasteiger partial charge < -0.3 is 15.7 Å². The van der Waals surface area contributed by atoms with Crippen LogP contribution in [-0.4, -0.2) is 54.7 Å². The summed E-state index contributed by atoms with van der Waals surface area (Å²) in [5, 5.41) is 17.0. The fourth-order valence-electron chi connectivity index (χ4n) is 3.17. The van der Waals surface area contributed by atoms with E-state index in [4.69, 9.17) is 0 Å². The number of rotatable bonds is 7. The third-order valence-corrected chi connectivity index (χ3v) is 4.64. The second-order valence-corrected chi connectivity index (χ2v) is 6.45. The molecule has 142 valence electrons. The highest BCUT2D eigenvalue weighted by atomic mass is 127. The van der Waals surface area contributed by atoms with E-state index in [0.29, 0.717) is 12.6 Å². The first kappa shape index (κ1) is 22.2. The maximum absolute atomic E-state index is 10.3. The van der Waals surface area contributed by atoms with Crippen LogP contribution in [0.2, 0.25) is 0 Å². The number of likely N-dealkylation sites (tertiary alicyclic amines) is 1. The Morgan fingerprint density at radius 2 is 2.00 bits per heavy atom. The van der Waals surface area contributed by atoms with Crippen molar-refractivity contribution in [1.82, 2.24) is 15.5 Å². The highest BCUT2D eigenvalue weighted by Crippen LogP contribution is 2.16. The number of benzene rings is 1. The summed E-state index contributed by atoms with van der Waals surface area (Å²) in [6.45, 7) is 10.7. The number of aliphatic hydroxyl groups excluding tert-OH is 1. The van der Waals surface area contributed by atoms with E-state index in [1.54, 1.807) is 0 Å². The van der Waals surface area contributed by atoms with Crippen LogP contribution in [0.1, 0.15) is 43.9 Å². The van der Waals surface area contributed by atoms with Gasteiger partial charge in [0.25, 0.3) is 0 Å². The molecule has 1 aromatic carbocycles. The van der Waals surface area contributed by atoms with E-state index in [9.17, 15) is 5.11 Å². The van der Waals surface area contributed by atoms with Gasteiger partial charge in [-0.3, -0.25) is 9.89 Å². The largest absolute Gasteiger partial charge is 0.386 e. The van der Waals surface area contributed by atoms with Crippen LogP contribution in [0.25, 0.3) is 0 Å². The highest BCUT2D eigenvalue weighted by Gasteiger charge is 2.22.